The number of carboxylic acid groups (broad SMARTS) is 1. The fraction of sp³-hybridized carbons (Fsp3) is 0.478. The number of hydrogen-bond donors (Lipinski definition) is 2. The van der Waals surface area contributed by atoms with Crippen LogP contribution in [0.3, 0.4) is 0 Å². The zero-order valence-corrected chi connectivity index (χ0v) is 19.1. The third-order valence-corrected chi connectivity index (χ3v) is 6.21. The number of nitriles is 1. The summed E-state index contributed by atoms with van der Waals surface area (Å²) in [5.41, 5.74) is 0.707. The number of benzene rings is 1. The highest BCUT2D eigenvalue weighted by molar-refractivity contribution is 5.66. The summed E-state index contributed by atoms with van der Waals surface area (Å²) in [7, 11) is 1.71. The Labute approximate surface area is 187 Å². The summed E-state index contributed by atoms with van der Waals surface area (Å²) in [6.07, 6.45) is -0.578. The Morgan fingerprint density at radius 1 is 1.28 bits per heavy atom. The number of carbonyl (C=O) groups excluding carboxylic acids is 1. The number of carbonyl (C=O) groups is 1. The van der Waals surface area contributed by atoms with Gasteiger partial charge in [0, 0.05) is 24.6 Å². The van der Waals surface area contributed by atoms with Crippen LogP contribution >= 0.6 is 0 Å². The standard InChI is InChI=1S/C23H29FN6O2/c1-14-8-17(27-22(31)32)13-30(12-14,23(2,3)4)20-10-19(28-21(26-5)29-20)15-6-7-16(11-25)18(24)9-15/h6-7,9-10,14,17,27H,8,12-13H2,1-5H3,(H-,26,28,29,31,32)/t14-,17-,30?/m1/s1. The average molecular weight is 441 g/mol. The summed E-state index contributed by atoms with van der Waals surface area (Å²) >= 11 is 0. The Hall–Kier alpha value is -3.25. The third kappa shape index (κ3) is 4.50. The van der Waals surface area contributed by atoms with Crippen LogP contribution in [0.4, 0.5) is 21.0 Å². The Morgan fingerprint density at radius 2 is 2.00 bits per heavy atom. The van der Waals surface area contributed by atoms with Gasteiger partial charge in [0.25, 0.3) is 0 Å². The molecule has 1 unspecified atom stereocenters. The highest BCUT2D eigenvalue weighted by Crippen LogP contribution is 2.39. The quantitative estimate of drug-likeness (QED) is 0.707. The molecule has 1 aliphatic heterocycles. The molecule has 1 amide bonds. The maximum atomic E-state index is 14.3. The molecule has 0 bridgehead atoms. The van der Waals surface area contributed by atoms with E-state index in [-0.39, 0.29) is 23.1 Å². The number of aromatic nitrogens is 2. The van der Waals surface area contributed by atoms with E-state index in [9.17, 15) is 14.3 Å². The topological polar surface area (TPSA) is 114 Å². The minimum absolute atomic E-state index is 0.0314. The molecule has 2 aromatic rings. The van der Waals surface area contributed by atoms with Crippen molar-refractivity contribution in [3.05, 3.63) is 35.6 Å². The number of halogens is 1. The molecular weight excluding hydrogens is 411 g/mol. The molecule has 170 valence electrons. The van der Waals surface area contributed by atoms with Gasteiger partial charge in [0.15, 0.2) is 0 Å². The van der Waals surface area contributed by atoms with Crippen LogP contribution in [0, 0.1) is 23.1 Å². The van der Waals surface area contributed by atoms with Gasteiger partial charge in [-0.15, -0.1) is 0 Å². The molecule has 0 saturated carbocycles. The van der Waals surface area contributed by atoms with E-state index in [1.165, 1.54) is 12.1 Å². The molecule has 0 aliphatic carbocycles. The first-order valence-corrected chi connectivity index (χ1v) is 10.6. The maximum absolute atomic E-state index is 14.3. The molecule has 9 heteroatoms. The van der Waals surface area contributed by atoms with Crippen molar-refractivity contribution >= 4 is 17.9 Å². The van der Waals surface area contributed by atoms with Gasteiger partial charge in [-0.2, -0.15) is 10.2 Å². The molecule has 0 spiro atoms. The molecule has 3 atom stereocenters. The van der Waals surface area contributed by atoms with Gasteiger partial charge in [0.2, 0.25) is 11.8 Å². The van der Waals surface area contributed by atoms with E-state index in [0.29, 0.717) is 40.5 Å². The minimum atomic E-state index is -1.29. The van der Waals surface area contributed by atoms with Gasteiger partial charge in [-0.3, -0.25) is 4.48 Å². The summed E-state index contributed by atoms with van der Waals surface area (Å²) in [5.74, 6) is 0.712. The number of rotatable bonds is 4. The molecule has 0 radical (unpaired) electrons. The molecule has 8 nitrogen and oxygen atoms in total. The van der Waals surface area contributed by atoms with Crippen LogP contribution in [0.25, 0.3) is 11.3 Å². The van der Waals surface area contributed by atoms with Crippen molar-refractivity contribution in [2.45, 2.75) is 45.7 Å². The Morgan fingerprint density at radius 3 is 2.56 bits per heavy atom. The highest BCUT2D eigenvalue weighted by Gasteiger charge is 2.49. The minimum Gasteiger partial charge on any atom is -0.530 e. The summed E-state index contributed by atoms with van der Waals surface area (Å²) in [4.78, 5) is 20.5. The molecule has 32 heavy (non-hydrogen) atoms. The van der Waals surface area contributed by atoms with Gasteiger partial charge in [-0.05, 0) is 39.3 Å². The normalized spacial score (nSPS) is 23.3. The zero-order chi connectivity index (χ0) is 23.7. The first-order chi connectivity index (χ1) is 15.0. The number of nitrogens with one attached hydrogen (secondary N) is 2. The van der Waals surface area contributed by atoms with Crippen molar-refractivity contribution in [1.82, 2.24) is 19.8 Å². The van der Waals surface area contributed by atoms with Crippen LogP contribution in [0.2, 0.25) is 0 Å². The smallest absolute Gasteiger partial charge is 0.233 e. The van der Waals surface area contributed by atoms with Gasteiger partial charge in [0.05, 0.1) is 29.4 Å². The third-order valence-electron chi connectivity index (χ3n) is 6.21. The second kappa shape index (κ2) is 8.71. The van der Waals surface area contributed by atoms with Crippen LogP contribution in [-0.2, 0) is 0 Å². The van der Waals surface area contributed by atoms with E-state index in [1.54, 1.807) is 13.1 Å². The van der Waals surface area contributed by atoms with E-state index < -0.39 is 11.9 Å². The summed E-state index contributed by atoms with van der Waals surface area (Å²) in [5, 5.41) is 25.8. The molecule has 1 aromatic carbocycles. The van der Waals surface area contributed by atoms with Gasteiger partial charge < -0.3 is 20.5 Å². The Balaban J connectivity index is 2.18. The highest BCUT2D eigenvalue weighted by atomic mass is 19.1. The number of amides is 1. The summed E-state index contributed by atoms with van der Waals surface area (Å²) < 4.78 is 14.7. The molecular formula is C23H29FN6O2. The number of piperidine rings is 1. The Kier molecular flexibility index (Phi) is 6.37. The Bertz CT molecular complexity index is 1060. The zero-order valence-electron chi connectivity index (χ0n) is 19.1. The van der Waals surface area contributed by atoms with Crippen molar-refractivity contribution in [3.8, 4) is 17.3 Å². The molecule has 2 heterocycles. The van der Waals surface area contributed by atoms with Crippen molar-refractivity contribution in [2.24, 2.45) is 5.92 Å². The average Bonchev–Trinajstić information content (AvgIpc) is 2.71. The number of likely N-dealkylation sites (tertiary alicyclic amines) is 1. The van der Waals surface area contributed by atoms with Gasteiger partial charge in [0.1, 0.15) is 24.5 Å². The van der Waals surface area contributed by atoms with Crippen LogP contribution in [0.1, 0.15) is 39.7 Å². The first-order valence-electron chi connectivity index (χ1n) is 10.6. The van der Waals surface area contributed by atoms with Crippen LogP contribution < -0.4 is 20.2 Å². The van der Waals surface area contributed by atoms with Crippen molar-refractivity contribution in [3.63, 3.8) is 0 Å². The predicted octanol–water partition coefficient (Wildman–Crippen LogP) is 2.64. The monoisotopic (exact) mass is 440 g/mol. The van der Waals surface area contributed by atoms with Crippen molar-refractivity contribution in [1.29, 1.82) is 5.26 Å². The first kappa shape index (κ1) is 23.4. The molecule has 1 aromatic heterocycles. The summed E-state index contributed by atoms with van der Waals surface area (Å²) in [6, 6.07) is 7.77. The second-order valence-electron chi connectivity index (χ2n) is 9.46. The lowest BCUT2D eigenvalue weighted by atomic mass is 9.87. The lowest BCUT2D eigenvalue weighted by Gasteiger charge is -2.53. The largest absolute Gasteiger partial charge is 0.530 e. The molecule has 1 saturated heterocycles. The van der Waals surface area contributed by atoms with E-state index in [4.69, 9.17) is 10.2 Å². The molecule has 1 aliphatic rings. The fourth-order valence-corrected chi connectivity index (χ4v) is 4.65. The molecule has 2 N–H and O–H groups in total. The van der Waals surface area contributed by atoms with Crippen LogP contribution in [0.5, 0.6) is 0 Å². The van der Waals surface area contributed by atoms with Gasteiger partial charge >= 0.3 is 0 Å². The molecule has 3 rings (SSSR count). The van der Waals surface area contributed by atoms with Crippen molar-refractivity contribution in [2.75, 3.05) is 25.5 Å². The predicted molar refractivity (Wildman–Crippen MR) is 119 cm³/mol. The number of nitrogens with zero attached hydrogens (tertiary/aromatic N) is 4. The van der Waals surface area contributed by atoms with Crippen molar-refractivity contribution < 1.29 is 14.3 Å². The van der Waals surface area contributed by atoms with E-state index in [2.05, 4.69) is 43.3 Å². The van der Waals surface area contributed by atoms with Crippen LogP contribution in [-0.4, -0.2) is 47.8 Å². The summed E-state index contributed by atoms with van der Waals surface area (Å²) in [6.45, 7) is 9.66. The van der Waals surface area contributed by atoms with E-state index in [0.717, 1.165) is 6.54 Å². The number of quaternary nitrogens is 1. The lowest BCUT2D eigenvalue weighted by molar-refractivity contribution is -0.252. The van der Waals surface area contributed by atoms with Gasteiger partial charge in [-0.1, -0.05) is 13.0 Å². The number of anilines is 1. The van der Waals surface area contributed by atoms with Crippen LogP contribution in [0.15, 0.2) is 24.3 Å². The number of hydrogen-bond acceptors (Lipinski definition) is 6. The van der Waals surface area contributed by atoms with Gasteiger partial charge in [-0.25, -0.2) is 9.37 Å². The lowest BCUT2D eigenvalue weighted by Crippen LogP contribution is -2.71. The SMILES string of the molecule is CNc1nc(-c2ccc(C#N)c(F)c2)cc([N+]2(C(C)(C)C)C[C@H](C)C[C@@H](NC(=O)[O-])C2)n1. The molecule has 1 fully saturated rings. The second-order valence-corrected chi connectivity index (χ2v) is 9.46. The van der Waals surface area contributed by atoms with E-state index in [1.807, 2.05) is 12.1 Å². The fourth-order valence-electron chi connectivity index (χ4n) is 4.65. The maximum Gasteiger partial charge on any atom is 0.233 e. The van der Waals surface area contributed by atoms with E-state index >= 15 is 0 Å².